The molecule has 0 aliphatic carbocycles. The van der Waals surface area contributed by atoms with Gasteiger partial charge in [0.2, 0.25) is 0 Å². The number of hydrogen-bond donors (Lipinski definition) is 0. The van der Waals surface area contributed by atoms with Crippen LogP contribution in [0.15, 0.2) is 77.7 Å². The number of ketones is 1. The fraction of sp³-hybridized carbons (Fsp3) is 0.130. The molecule has 10 heteroatoms. The van der Waals surface area contributed by atoms with Crippen molar-refractivity contribution in [2.45, 2.75) is 11.3 Å². The smallest absolute Gasteiger partial charge is 0.338 e. The monoisotopic (exact) mass is 466 g/mol. The van der Waals surface area contributed by atoms with Crippen LogP contribution in [0, 0.1) is 10.1 Å². The first-order valence-electron chi connectivity index (χ1n) is 9.93. The van der Waals surface area contributed by atoms with Gasteiger partial charge in [-0.25, -0.2) is 13.2 Å². The van der Waals surface area contributed by atoms with Gasteiger partial charge in [-0.3, -0.25) is 19.2 Å². The van der Waals surface area contributed by atoms with Crippen molar-refractivity contribution < 1.29 is 27.7 Å². The third-order valence-corrected chi connectivity index (χ3v) is 7.05. The molecule has 1 heterocycles. The van der Waals surface area contributed by atoms with Crippen molar-refractivity contribution in [3.8, 4) is 0 Å². The summed E-state index contributed by atoms with van der Waals surface area (Å²) in [6, 6.07) is 17.6. The summed E-state index contributed by atoms with van der Waals surface area (Å²) in [4.78, 5) is 34.7. The minimum absolute atomic E-state index is 0.0138. The number of esters is 1. The van der Waals surface area contributed by atoms with Crippen LogP contribution < -0.4 is 4.31 Å². The van der Waals surface area contributed by atoms with E-state index in [4.69, 9.17) is 4.74 Å². The Balaban J connectivity index is 1.47. The van der Waals surface area contributed by atoms with Gasteiger partial charge in [-0.2, -0.15) is 0 Å². The lowest BCUT2D eigenvalue weighted by Crippen LogP contribution is -2.29. The molecule has 0 atom stereocenters. The van der Waals surface area contributed by atoms with Crippen molar-refractivity contribution in [3.63, 3.8) is 0 Å². The molecule has 4 rings (SSSR count). The molecule has 1 aliphatic rings. The van der Waals surface area contributed by atoms with Crippen LogP contribution in [0.1, 0.15) is 26.3 Å². The first-order chi connectivity index (χ1) is 15.8. The van der Waals surface area contributed by atoms with E-state index in [2.05, 4.69) is 0 Å². The van der Waals surface area contributed by atoms with Crippen molar-refractivity contribution in [1.82, 2.24) is 0 Å². The summed E-state index contributed by atoms with van der Waals surface area (Å²) in [6.07, 6.45) is 0.599. The lowest BCUT2D eigenvalue weighted by molar-refractivity contribution is -0.384. The van der Waals surface area contributed by atoms with Crippen molar-refractivity contribution >= 4 is 33.2 Å². The van der Waals surface area contributed by atoms with E-state index in [9.17, 15) is 28.1 Å². The highest BCUT2D eigenvalue weighted by atomic mass is 32.2. The maximum absolute atomic E-state index is 13.2. The van der Waals surface area contributed by atoms with Crippen LogP contribution in [0.2, 0.25) is 0 Å². The summed E-state index contributed by atoms with van der Waals surface area (Å²) in [5.74, 6) is -1.40. The van der Waals surface area contributed by atoms with Crippen LogP contribution in [-0.2, 0) is 21.2 Å². The highest BCUT2D eigenvalue weighted by molar-refractivity contribution is 7.92. The number of benzene rings is 3. The van der Waals surface area contributed by atoms with Crippen LogP contribution in [0.3, 0.4) is 0 Å². The van der Waals surface area contributed by atoms with Crippen LogP contribution in [0.5, 0.6) is 0 Å². The van der Waals surface area contributed by atoms with Gasteiger partial charge in [-0.15, -0.1) is 0 Å². The second-order valence-electron chi connectivity index (χ2n) is 7.29. The lowest BCUT2D eigenvalue weighted by Gasteiger charge is -2.19. The van der Waals surface area contributed by atoms with Crippen molar-refractivity contribution in [1.29, 1.82) is 0 Å². The number of fused-ring (bicyclic) bond motifs is 1. The lowest BCUT2D eigenvalue weighted by atomic mass is 10.1. The minimum atomic E-state index is -3.89. The number of rotatable bonds is 7. The average molecular weight is 466 g/mol. The number of carbonyl (C=O) groups excluding carboxylic acids is 2. The summed E-state index contributed by atoms with van der Waals surface area (Å²) < 4.78 is 32.7. The number of para-hydroxylation sites is 1. The van der Waals surface area contributed by atoms with Gasteiger partial charge >= 0.3 is 5.97 Å². The second kappa shape index (κ2) is 8.83. The average Bonchev–Trinajstić information content (AvgIpc) is 3.27. The molecule has 0 aromatic heterocycles. The van der Waals surface area contributed by atoms with Gasteiger partial charge in [0, 0.05) is 24.2 Å². The Kier molecular flexibility index (Phi) is 5.93. The minimum Gasteiger partial charge on any atom is -0.454 e. The Morgan fingerprint density at radius 2 is 1.70 bits per heavy atom. The molecule has 0 N–H and O–H groups in total. The fourth-order valence-corrected chi connectivity index (χ4v) is 5.08. The Labute approximate surface area is 189 Å². The number of nitro benzene ring substituents is 1. The molecule has 0 spiro atoms. The Hall–Kier alpha value is -4.05. The zero-order valence-electron chi connectivity index (χ0n) is 17.2. The molecule has 0 fully saturated rings. The third kappa shape index (κ3) is 4.46. The van der Waals surface area contributed by atoms with Gasteiger partial charge < -0.3 is 4.74 Å². The van der Waals surface area contributed by atoms with Gasteiger partial charge in [0.1, 0.15) is 0 Å². The zero-order chi connectivity index (χ0) is 23.6. The maximum Gasteiger partial charge on any atom is 0.338 e. The Bertz CT molecular complexity index is 1350. The van der Waals surface area contributed by atoms with Gasteiger partial charge in [-0.1, -0.05) is 24.3 Å². The molecule has 1 aliphatic heterocycles. The largest absolute Gasteiger partial charge is 0.454 e. The number of anilines is 1. The van der Waals surface area contributed by atoms with E-state index in [0.29, 0.717) is 18.7 Å². The topological polar surface area (TPSA) is 124 Å². The number of nitro groups is 1. The molecular formula is C23H18N2O7S. The predicted molar refractivity (Wildman–Crippen MR) is 119 cm³/mol. The first kappa shape index (κ1) is 22.2. The summed E-state index contributed by atoms with van der Waals surface area (Å²) in [5.41, 5.74) is 1.51. The molecular weight excluding hydrogens is 448 g/mol. The van der Waals surface area contributed by atoms with Crippen molar-refractivity contribution in [2.75, 3.05) is 17.5 Å². The van der Waals surface area contributed by atoms with E-state index in [1.807, 2.05) is 12.1 Å². The highest BCUT2D eigenvalue weighted by Crippen LogP contribution is 2.32. The van der Waals surface area contributed by atoms with Gasteiger partial charge in [0.25, 0.3) is 15.7 Å². The van der Waals surface area contributed by atoms with Crippen LogP contribution in [0.25, 0.3) is 0 Å². The molecule has 0 saturated carbocycles. The molecule has 3 aromatic carbocycles. The van der Waals surface area contributed by atoms with E-state index >= 15 is 0 Å². The van der Waals surface area contributed by atoms with Crippen LogP contribution in [0.4, 0.5) is 11.4 Å². The van der Waals surface area contributed by atoms with E-state index in [-0.39, 0.29) is 21.7 Å². The first-order valence-corrected chi connectivity index (χ1v) is 11.4. The van der Waals surface area contributed by atoms with E-state index < -0.39 is 33.3 Å². The Morgan fingerprint density at radius 3 is 2.42 bits per heavy atom. The van der Waals surface area contributed by atoms with Crippen LogP contribution in [-0.4, -0.2) is 38.2 Å². The molecule has 168 valence electrons. The standard InChI is InChI=1S/C23H18N2O7S/c26-22(17-8-10-19(11-9-17)25(28)29)15-32-23(27)18-5-3-6-20(14-18)33(30,31)24-13-12-16-4-1-2-7-21(16)24/h1-11,14H,12-13,15H2. The number of hydrogen-bond acceptors (Lipinski definition) is 7. The summed E-state index contributed by atoms with van der Waals surface area (Å²) in [6.45, 7) is -0.285. The SMILES string of the molecule is O=C(COC(=O)c1cccc(S(=O)(=O)N2CCc3ccccc32)c1)c1ccc([N+](=O)[O-])cc1. The number of sulfonamides is 1. The van der Waals surface area contributed by atoms with Gasteiger partial charge in [-0.05, 0) is 48.4 Å². The molecule has 0 saturated heterocycles. The molecule has 0 amide bonds. The fourth-order valence-electron chi connectivity index (χ4n) is 3.54. The maximum atomic E-state index is 13.2. The van der Waals surface area contributed by atoms with E-state index in [0.717, 1.165) is 5.56 Å². The van der Waals surface area contributed by atoms with Crippen molar-refractivity contribution in [2.24, 2.45) is 0 Å². The highest BCUT2D eigenvalue weighted by Gasteiger charge is 2.31. The zero-order valence-corrected chi connectivity index (χ0v) is 18.0. The number of non-ortho nitro benzene ring substituents is 1. The number of carbonyl (C=O) groups is 2. The molecule has 0 unspecified atom stereocenters. The molecule has 0 radical (unpaired) electrons. The predicted octanol–water partition coefficient (Wildman–Crippen LogP) is 3.39. The Morgan fingerprint density at radius 1 is 0.970 bits per heavy atom. The third-order valence-electron chi connectivity index (χ3n) is 5.24. The van der Waals surface area contributed by atoms with Gasteiger partial charge in [0.15, 0.2) is 12.4 Å². The summed E-state index contributed by atoms with van der Waals surface area (Å²) >= 11 is 0. The van der Waals surface area contributed by atoms with Crippen molar-refractivity contribution in [3.05, 3.63) is 99.6 Å². The molecule has 3 aromatic rings. The summed E-state index contributed by atoms with van der Waals surface area (Å²) in [7, 11) is -3.89. The normalized spacial score (nSPS) is 12.8. The second-order valence-corrected chi connectivity index (χ2v) is 9.15. The van der Waals surface area contributed by atoms with Gasteiger partial charge in [0.05, 0.1) is 21.1 Å². The van der Waals surface area contributed by atoms with E-state index in [1.54, 1.807) is 12.1 Å². The number of Topliss-reactive ketones (excluding diaryl/α,β-unsaturated/α-hetero) is 1. The summed E-state index contributed by atoms with van der Waals surface area (Å²) in [5, 5.41) is 10.7. The molecule has 9 nitrogen and oxygen atoms in total. The number of ether oxygens (including phenoxy) is 1. The van der Waals surface area contributed by atoms with E-state index in [1.165, 1.54) is 52.8 Å². The molecule has 0 bridgehead atoms. The molecule has 33 heavy (non-hydrogen) atoms. The van der Waals surface area contributed by atoms with Crippen LogP contribution >= 0.6 is 0 Å². The number of nitrogens with zero attached hydrogens (tertiary/aromatic N) is 2. The quantitative estimate of drug-likeness (QED) is 0.226.